The van der Waals surface area contributed by atoms with Crippen LogP contribution in [0.5, 0.6) is 0 Å². The minimum Gasteiger partial charge on any atom is -0.394 e. The van der Waals surface area contributed by atoms with Crippen LogP contribution in [0.1, 0.15) is 25.2 Å². The Labute approximate surface area is 139 Å². The maximum Gasteiger partial charge on any atom is 0.352 e. The first-order valence-corrected chi connectivity index (χ1v) is 8.78. The number of hydrogen-bond donors (Lipinski definition) is 4. The van der Waals surface area contributed by atoms with Crippen LogP contribution in [0.3, 0.4) is 0 Å². The predicted molar refractivity (Wildman–Crippen MR) is 88.6 cm³/mol. The van der Waals surface area contributed by atoms with Gasteiger partial charge in [-0.1, -0.05) is 12.1 Å². The number of anilines is 1. The molecule has 132 valence electrons. The standard InChI is InChI=1S/C13H12F2NO3P.C3H8O/c14-10-4-6-12(7-5-10)16-13(20(17,18)19)9-2-1-3-11(15)8-9;1-3(2)4/h1-8,13,16H,(H2,17,18,19);3-4H,1-2H3. The van der Waals surface area contributed by atoms with Gasteiger partial charge in [-0.05, 0) is 55.8 Å². The number of rotatable bonds is 4. The zero-order valence-corrected chi connectivity index (χ0v) is 14.1. The van der Waals surface area contributed by atoms with Crippen molar-refractivity contribution in [3.05, 3.63) is 65.7 Å². The SMILES string of the molecule is CC(C)O.O=P(O)(O)C(Nc1ccc(F)cc1)c1cccc(F)c1. The Hall–Kier alpha value is -1.79. The molecule has 24 heavy (non-hydrogen) atoms. The highest BCUT2D eigenvalue weighted by molar-refractivity contribution is 7.52. The van der Waals surface area contributed by atoms with Crippen LogP contribution in [-0.2, 0) is 4.57 Å². The first-order valence-electron chi connectivity index (χ1n) is 7.10. The van der Waals surface area contributed by atoms with Crippen LogP contribution in [0.4, 0.5) is 14.5 Å². The normalized spacial score (nSPS) is 12.3. The van der Waals surface area contributed by atoms with E-state index in [0.717, 1.165) is 18.2 Å². The van der Waals surface area contributed by atoms with Crippen LogP contribution in [0.15, 0.2) is 48.5 Å². The van der Waals surface area contributed by atoms with Gasteiger partial charge < -0.3 is 20.2 Å². The number of aliphatic hydroxyl groups excluding tert-OH is 1. The summed E-state index contributed by atoms with van der Waals surface area (Å²) in [6, 6.07) is 9.99. The molecule has 2 aromatic rings. The van der Waals surface area contributed by atoms with Crippen molar-refractivity contribution in [2.75, 3.05) is 5.32 Å². The third kappa shape index (κ3) is 7.19. The van der Waals surface area contributed by atoms with Gasteiger partial charge in [0.05, 0.1) is 0 Å². The maximum atomic E-state index is 13.2. The van der Waals surface area contributed by atoms with Crippen molar-refractivity contribution < 1.29 is 28.2 Å². The van der Waals surface area contributed by atoms with Crippen molar-refractivity contribution in [3.8, 4) is 0 Å². The van der Waals surface area contributed by atoms with Gasteiger partial charge in [0.25, 0.3) is 0 Å². The Morgan fingerprint density at radius 2 is 1.54 bits per heavy atom. The summed E-state index contributed by atoms with van der Waals surface area (Å²) in [6.07, 6.45) is -0.167. The van der Waals surface area contributed by atoms with E-state index >= 15 is 0 Å². The smallest absolute Gasteiger partial charge is 0.352 e. The van der Waals surface area contributed by atoms with Crippen LogP contribution in [-0.4, -0.2) is 21.0 Å². The van der Waals surface area contributed by atoms with E-state index in [-0.39, 0.29) is 11.7 Å². The Morgan fingerprint density at radius 1 is 1.00 bits per heavy atom. The molecule has 2 rings (SSSR count). The molecule has 4 N–H and O–H groups in total. The minimum absolute atomic E-state index is 0.114. The van der Waals surface area contributed by atoms with Crippen molar-refractivity contribution >= 4 is 13.3 Å². The second-order valence-corrected chi connectivity index (χ2v) is 6.99. The summed E-state index contributed by atoms with van der Waals surface area (Å²) in [5, 5.41) is 10.6. The first kappa shape index (κ1) is 20.3. The van der Waals surface area contributed by atoms with Crippen LogP contribution in [0, 0.1) is 11.6 Å². The number of benzene rings is 2. The minimum atomic E-state index is -4.57. The van der Waals surface area contributed by atoms with E-state index in [4.69, 9.17) is 5.11 Å². The largest absolute Gasteiger partial charge is 0.394 e. The van der Waals surface area contributed by atoms with E-state index in [9.17, 15) is 23.1 Å². The monoisotopic (exact) mass is 359 g/mol. The van der Waals surface area contributed by atoms with E-state index in [0.29, 0.717) is 5.69 Å². The third-order valence-electron chi connectivity index (χ3n) is 2.65. The summed E-state index contributed by atoms with van der Waals surface area (Å²) in [7, 11) is -4.57. The molecule has 0 radical (unpaired) electrons. The fourth-order valence-electron chi connectivity index (χ4n) is 1.74. The van der Waals surface area contributed by atoms with E-state index in [1.165, 1.54) is 30.3 Å². The van der Waals surface area contributed by atoms with E-state index in [1.807, 2.05) is 0 Å². The summed E-state index contributed by atoms with van der Waals surface area (Å²) in [4.78, 5) is 18.8. The molecular weight excluding hydrogens is 339 g/mol. The van der Waals surface area contributed by atoms with Gasteiger partial charge in [0.15, 0.2) is 5.78 Å². The lowest BCUT2D eigenvalue weighted by molar-refractivity contribution is 0.216. The average molecular weight is 359 g/mol. The highest BCUT2D eigenvalue weighted by Gasteiger charge is 2.30. The molecule has 0 spiro atoms. The van der Waals surface area contributed by atoms with Gasteiger partial charge in [0.2, 0.25) is 0 Å². The zero-order chi connectivity index (χ0) is 18.3. The Morgan fingerprint density at radius 3 is 2.00 bits per heavy atom. The van der Waals surface area contributed by atoms with Gasteiger partial charge in [-0.25, -0.2) is 8.78 Å². The highest BCUT2D eigenvalue weighted by Crippen LogP contribution is 2.51. The maximum absolute atomic E-state index is 13.2. The van der Waals surface area contributed by atoms with Gasteiger partial charge in [-0.3, -0.25) is 4.57 Å². The second-order valence-electron chi connectivity index (χ2n) is 5.29. The molecule has 0 saturated heterocycles. The molecule has 0 saturated carbocycles. The van der Waals surface area contributed by atoms with Gasteiger partial charge >= 0.3 is 7.60 Å². The van der Waals surface area contributed by atoms with Gasteiger partial charge in [0.1, 0.15) is 11.6 Å². The molecule has 0 aromatic heterocycles. The molecule has 0 heterocycles. The lowest BCUT2D eigenvalue weighted by atomic mass is 10.2. The molecule has 0 fully saturated rings. The Bertz CT molecular complexity index is 686. The summed E-state index contributed by atoms with van der Waals surface area (Å²) in [6.45, 7) is 3.44. The molecule has 0 aliphatic carbocycles. The highest BCUT2D eigenvalue weighted by atomic mass is 31.2. The zero-order valence-electron chi connectivity index (χ0n) is 13.2. The van der Waals surface area contributed by atoms with Crippen molar-refractivity contribution in [1.29, 1.82) is 0 Å². The summed E-state index contributed by atoms with van der Waals surface area (Å²) in [5.41, 5.74) is 0.437. The molecule has 0 aliphatic rings. The molecule has 5 nitrogen and oxygen atoms in total. The summed E-state index contributed by atoms with van der Waals surface area (Å²) in [5.74, 6) is -2.46. The topological polar surface area (TPSA) is 89.8 Å². The molecule has 0 amide bonds. The molecule has 0 aliphatic heterocycles. The Kier molecular flexibility index (Phi) is 7.51. The molecule has 8 heteroatoms. The number of hydrogen-bond acceptors (Lipinski definition) is 3. The predicted octanol–water partition coefficient (Wildman–Crippen LogP) is 3.64. The quantitative estimate of drug-likeness (QED) is 0.626. The number of aliphatic hydroxyl groups is 1. The third-order valence-corrected chi connectivity index (χ3v) is 3.75. The van der Waals surface area contributed by atoms with Gasteiger partial charge in [0, 0.05) is 11.8 Å². The van der Waals surface area contributed by atoms with Gasteiger partial charge in [-0.15, -0.1) is 0 Å². The fraction of sp³-hybridized carbons (Fsp3) is 0.250. The Balaban J connectivity index is 0.000000648. The van der Waals surface area contributed by atoms with Crippen molar-refractivity contribution in [3.63, 3.8) is 0 Å². The van der Waals surface area contributed by atoms with E-state index < -0.39 is 25.0 Å². The average Bonchev–Trinajstić information content (AvgIpc) is 2.44. The van der Waals surface area contributed by atoms with E-state index in [2.05, 4.69) is 5.32 Å². The molecule has 1 unspecified atom stereocenters. The van der Waals surface area contributed by atoms with Gasteiger partial charge in [-0.2, -0.15) is 0 Å². The van der Waals surface area contributed by atoms with Crippen molar-refractivity contribution in [1.82, 2.24) is 0 Å². The van der Waals surface area contributed by atoms with Crippen LogP contribution < -0.4 is 5.32 Å². The van der Waals surface area contributed by atoms with E-state index in [1.54, 1.807) is 13.8 Å². The molecule has 1 atom stereocenters. The van der Waals surface area contributed by atoms with Crippen LogP contribution >= 0.6 is 7.60 Å². The van der Waals surface area contributed by atoms with Crippen molar-refractivity contribution in [2.45, 2.75) is 25.7 Å². The molecule has 0 bridgehead atoms. The lowest BCUT2D eigenvalue weighted by Gasteiger charge is -2.21. The van der Waals surface area contributed by atoms with Crippen LogP contribution in [0.25, 0.3) is 0 Å². The first-order chi connectivity index (χ1) is 11.1. The molecular formula is C16H20F2NO4P. The number of nitrogens with one attached hydrogen (secondary N) is 1. The van der Waals surface area contributed by atoms with Crippen molar-refractivity contribution in [2.24, 2.45) is 0 Å². The fourth-order valence-corrected chi connectivity index (χ4v) is 2.61. The number of halogens is 2. The summed E-state index contributed by atoms with van der Waals surface area (Å²) < 4.78 is 37.5. The van der Waals surface area contributed by atoms with Crippen LogP contribution in [0.2, 0.25) is 0 Å². The molecule has 2 aromatic carbocycles. The second kappa shape index (κ2) is 8.89. The lowest BCUT2D eigenvalue weighted by Crippen LogP contribution is -2.11. The summed E-state index contributed by atoms with van der Waals surface area (Å²) >= 11 is 0.